The molecule has 0 saturated carbocycles. The molecule has 2 aromatic rings. The molecule has 0 radical (unpaired) electrons. The normalized spacial score (nSPS) is 17.1. The molecule has 1 aliphatic heterocycles. The molecule has 0 aromatic heterocycles. The first-order valence-corrected chi connectivity index (χ1v) is 9.19. The fraction of sp³-hybridized carbons (Fsp3) is 0.222. The van der Waals surface area contributed by atoms with Crippen LogP contribution in [0.1, 0.15) is 21.3 Å². The first-order chi connectivity index (χ1) is 12.8. The first-order valence-electron chi connectivity index (χ1n) is 7.76. The molecule has 1 atom stereocenters. The van der Waals surface area contributed by atoms with E-state index in [0.717, 1.165) is 5.56 Å². The highest BCUT2D eigenvalue weighted by Crippen LogP contribution is 2.42. The van der Waals surface area contributed by atoms with Gasteiger partial charge < -0.3 is 9.47 Å². The molecule has 5 nitrogen and oxygen atoms in total. The van der Waals surface area contributed by atoms with Crippen LogP contribution >= 0.6 is 23.4 Å². The number of thioether (sulfide) groups is 1. The van der Waals surface area contributed by atoms with Crippen molar-refractivity contribution in [1.82, 2.24) is 0 Å². The van der Waals surface area contributed by atoms with Crippen LogP contribution in [-0.4, -0.2) is 30.3 Å². The van der Waals surface area contributed by atoms with Crippen molar-refractivity contribution < 1.29 is 27.8 Å². The van der Waals surface area contributed by atoms with Crippen molar-refractivity contribution in [3.05, 3.63) is 59.7 Å². The topological polar surface area (TPSA) is 55.8 Å². The average molecular weight is 414 g/mol. The smallest absolute Gasteiger partial charge is 0.465 e. The summed E-state index contributed by atoms with van der Waals surface area (Å²) < 4.78 is 34.4. The van der Waals surface area contributed by atoms with Gasteiger partial charge in [0.05, 0.1) is 18.4 Å². The Morgan fingerprint density at radius 3 is 2.37 bits per heavy atom. The summed E-state index contributed by atoms with van der Waals surface area (Å²) >= 11 is 6.18. The van der Waals surface area contributed by atoms with Crippen molar-refractivity contribution in [3.8, 4) is 5.75 Å². The Bertz CT molecular complexity index is 840. The van der Waals surface area contributed by atoms with E-state index in [1.54, 1.807) is 29.2 Å². The van der Waals surface area contributed by atoms with Gasteiger partial charge in [0.1, 0.15) is 11.1 Å². The number of alkyl halides is 3. The van der Waals surface area contributed by atoms with E-state index in [2.05, 4.69) is 9.47 Å². The highest BCUT2D eigenvalue weighted by Gasteiger charge is 2.34. The van der Waals surface area contributed by atoms with Gasteiger partial charge in [0, 0.05) is 17.3 Å². The third kappa shape index (κ3) is 4.51. The number of esters is 1. The summed E-state index contributed by atoms with van der Waals surface area (Å²) in [6, 6.07) is 12.4. The van der Waals surface area contributed by atoms with Crippen LogP contribution in [0.15, 0.2) is 48.5 Å². The van der Waals surface area contributed by atoms with Gasteiger partial charge in [-0.2, -0.15) is 0 Å². The molecule has 1 heterocycles. The van der Waals surface area contributed by atoms with Crippen molar-refractivity contribution in [2.45, 2.75) is 10.9 Å². The zero-order valence-corrected chi connectivity index (χ0v) is 15.6. The maximum atomic E-state index is 12.7. The number of carbonyl (C=O) groups is 2. The van der Waals surface area contributed by atoms with Crippen molar-refractivity contribution >= 4 is 40.9 Å². The third-order valence-electron chi connectivity index (χ3n) is 3.83. The van der Waals surface area contributed by atoms with Crippen LogP contribution in [0.3, 0.4) is 0 Å². The number of hydrogen-bond acceptors (Lipinski definition) is 5. The molecule has 0 unspecified atom stereocenters. The molecule has 1 aliphatic rings. The van der Waals surface area contributed by atoms with Crippen LogP contribution in [0.2, 0.25) is 0 Å². The van der Waals surface area contributed by atoms with E-state index >= 15 is 0 Å². The molecule has 9 heteroatoms. The van der Waals surface area contributed by atoms with Crippen LogP contribution in [0.4, 0.5) is 14.5 Å². The number of carbonyl (C=O) groups excluding carboxylic acids is 2. The molecular weight excluding hydrogens is 400 g/mol. The van der Waals surface area contributed by atoms with Crippen molar-refractivity contribution in [2.75, 3.05) is 17.8 Å². The van der Waals surface area contributed by atoms with E-state index < -0.39 is 11.5 Å². The largest absolute Gasteiger partial charge is 0.487 e. The van der Waals surface area contributed by atoms with Gasteiger partial charge in [-0.15, -0.1) is 20.5 Å². The Morgan fingerprint density at radius 2 is 1.81 bits per heavy atom. The summed E-state index contributed by atoms with van der Waals surface area (Å²) in [4.78, 5) is 25.5. The highest BCUT2D eigenvalue weighted by atomic mass is 35.5. The van der Waals surface area contributed by atoms with Crippen molar-refractivity contribution in [2.24, 2.45) is 0 Å². The van der Waals surface area contributed by atoms with Crippen LogP contribution in [-0.2, 0) is 9.53 Å². The summed E-state index contributed by atoms with van der Waals surface area (Å²) in [5, 5.41) is -0.301. The maximum absolute atomic E-state index is 12.7. The van der Waals surface area contributed by atoms with Crippen molar-refractivity contribution in [1.29, 1.82) is 0 Å². The molecule has 0 aliphatic carbocycles. The average Bonchev–Trinajstić information content (AvgIpc) is 3.02. The second kappa shape index (κ2) is 7.74. The van der Waals surface area contributed by atoms with Gasteiger partial charge in [0.2, 0.25) is 5.91 Å². The number of amides is 1. The molecule has 0 N–H and O–H groups in total. The quantitative estimate of drug-likeness (QED) is 0.536. The molecule has 1 fully saturated rings. The molecule has 2 aromatic carbocycles. The minimum absolute atomic E-state index is 0.113. The molecule has 27 heavy (non-hydrogen) atoms. The lowest BCUT2D eigenvalue weighted by atomic mass is 10.1. The van der Waals surface area contributed by atoms with Crippen LogP contribution in [0.5, 0.6) is 5.75 Å². The summed E-state index contributed by atoms with van der Waals surface area (Å²) in [6.07, 6.45) is 0. The van der Waals surface area contributed by atoms with Gasteiger partial charge in [0.15, 0.2) is 0 Å². The summed E-state index contributed by atoms with van der Waals surface area (Å²) in [5.41, 5.74) is -2.03. The predicted molar refractivity (Wildman–Crippen MR) is 98.3 cm³/mol. The minimum Gasteiger partial charge on any atom is -0.465 e. The Kier molecular flexibility index (Phi) is 5.57. The lowest BCUT2D eigenvalue weighted by Gasteiger charge is -2.24. The summed E-state index contributed by atoms with van der Waals surface area (Å²) in [7, 11) is 1.30. The van der Waals surface area contributed by atoms with Gasteiger partial charge in [-0.25, -0.2) is 4.79 Å². The summed E-state index contributed by atoms with van der Waals surface area (Å²) in [6.45, 7) is 0. The number of hydrogen-bond donors (Lipinski definition) is 0. The molecule has 3 rings (SSSR count). The molecule has 1 saturated heterocycles. The Labute approximate surface area is 163 Å². The second-order valence-electron chi connectivity index (χ2n) is 5.58. The number of nitrogens with zero attached hydrogens (tertiary/aromatic N) is 1. The van der Waals surface area contributed by atoms with Crippen LogP contribution in [0.25, 0.3) is 0 Å². The predicted octanol–water partition coefficient (Wildman–Crippen LogP) is 4.42. The molecule has 1 amide bonds. The maximum Gasteiger partial charge on any atom is 0.487 e. The van der Waals surface area contributed by atoms with E-state index in [1.807, 2.05) is 0 Å². The fourth-order valence-corrected chi connectivity index (χ4v) is 3.93. The number of benzene rings is 2. The second-order valence-corrected chi connectivity index (χ2v) is 7.09. The van der Waals surface area contributed by atoms with Gasteiger partial charge in [0.25, 0.3) is 0 Å². The third-order valence-corrected chi connectivity index (χ3v) is 5.12. The Hall–Kier alpha value is -2.32. The lowest BCUT2D eigenvalue weighted by Crippen LogP contribution is -2.27. The Balaban J connectivity index is 1.83. The first kappa shape index (κ1) is 19.4. The standard InChI is InChI=1S/C18H14ClF2NO4S/c1-25-17(24)12-4-2-11(3-5-12)16-22(15(23)10-27-16)13-6-8-14(9-7-13)26-18(19,20)21/h2-9,16H,10H2,1H3/t16-/m0/s1. The van der Waals surface area contributed by atoms with E-state index in [1.165, 1.54) is 43.1 Å². The van der Waals surface area contributed by atoms with Gasteiger partial charge in [-0.1, -0.05) is 12.1 Å². The lowest BCUT2D eigenvalue weighted by molar-refractivity contribution is -0.115. The highest BCUT2D eigenvalue weighted by molar-refractivity contribution is 8.00. The number of rotatable bonds is 5. The summed E-state index contributed by atoms with van der Waals surface area (Å²) in [5.74, 6) is -0.392. The van der Waals surface area contributed by atoms with Gasteiger partial charge in [-0.3, -0.25) is 9.69 Å². The SMILES string of the molecule is COC(=O)c1ccc([C@@H]2SCC(=O)N2c2ccc(OC(F)(F)Cl)cc2)cc1. The zero-order valence-electron chi connectivity index (χ0n) is 14.0. The zero-order chi connectivity index (χ0) is 19.6. The molecule has 142 valence electrons. The van der Waals surface area contributed by atoms with E-state index in [9.17, 15) is 18.4 Å². The molecule has 0 bridgehead atoms. The van der Waals surface area contributed by atoms with Crippen LogP contribution in [0, 0.1) is 0 Å². The Morgan fingerprint density at radius 1 is 1.19 bits per heavy atom. The van der Waals surface area contributed by atoms with E-state index in [-0.39, 0.29) is 22.8 Å². The van der Waals surface area contributed by atoms with Crippen molar-refractivity contribution in [3.63, 3.8) is 0 Å². The number of anilines is 1. The van der Waals surface area contributed by atoms with E-state index in [0.29, 0.717) is 11.3 Å². The number of ether oxygens (including phenoxy) is 2. The fourth-order valence-electron chi connectivity index (χ4n) is 2.66. The monoisotopic (exact) mass is 413 g/mol. The van der Waals surface area contributed by atoms with Gasteiger partial charge in [-0.05, 0) is 42.0 Å². The van der Waals surface area contributed by atoms with Crippen LogP contribution < -0.4 is 9.64 Å². The number of methoxy groups -OCH3 is 1. The number of halogens is 3. The van der Waals surface area contributed by atoms with E-state index in [4.69, 9.17) is 11.6 Å². The minimum atomic E-state index is -3.80. The molecular formula is C18H14ClF2NO4S. The van der Waals surface area contributed by atoms with Gasteiger partial charge >= 0.3 is 11.5 Å². The molecule has 0 spiro atoms.